The van der Waals surface area contributed by atoms with Crippen LogP contribution in [0, 0.1) is 5.82 Å². The average molecular weight is 394 g/mol. The summed E-state index contributed by atoms with van der Waals surface area (Å²) >= 11 is 0. The first-order chi connectivity index (χ1) is 14.0. The molecule has 1 saturated heterocycles. The molecule has 2 heterocycles. The highest BCUT2D eigenvalue weighted by molar-refractivity contribution is 5.63. The summed E-state index contributed by atoms with van der Waals surface area (Å²) in [4.78, 5) is 4.73. The summed E-state index contributed by atoms with van der Waals surface area (Å²) in [5, 5.41) is 4.82. The molecule has 6 heteroatoms. The molecule has 0 N–H and O–H groups in total. The first-order valence-corrected chi connectivity index (χ1v) is 9.91. The van der Waals surface area contributed by atoms with Crippen LogP contribution >= 0.6 is 0 Å². The van der Waals surface area contributed by atoms with Crippen LogP contribution in [-0.4, -0.2) is 59.9 Å². The Morgan fingerprint density at radius 3 is 2.62 bits per heavy atom. The second kappa shape index (κ2) is 8.35. The van der Waals surface area contributed by atoms with E-state index < -0.39 is 0 Å². The average Bonchev–Trinajstić information content (AvgIpc) is 3.36. The monoisotopic (exact) mass is 394 g/mol. The maximum absolute atomic E-state index is 13.9. The topological polar surface area (TPSA) is 33.5 Å². The summed E-state index contributed by atoms with van der Waals surface area (Å²) in [6, 6.07) is 15.0. The number of benzene rings is 2. The lowest BCUT2D eigenvalue weighted by atomic mass is 10.1. The predicted molar refractivity (Wildman–Crippen MR) is 113 cm³/mol. The maximum Gasteiger partial charge on any atom is 0.123 e. The Morgan fingerprint density at radius 1 is 1.17 bits per heavy atom. The number of nitrogens with zero attached hydrogens (tertiary/aromatic N) is 4. The summed E-state index contributed by atoms with van der Waals surface area (Å²) < 4.78 is 21.0. The summed E-state index contributed by atoms with van der Waals surface area (Å²) in [5.41, 5.74) is 3.68. The summed E-state index contributed by atoms with van der Waals surface area (Å²) in [7, 11) is 5.92. The second-order valence-electron chi connectivity index (χ2n) is 7.80. The van der Waals surface area contributed by atoms with Gasteiger partial charge in [-0.25, -0.2) is 9.07 Å². The van der Waals surface area contributed by atoms with Crippen LogP contribution in [0.5, 0.6) is 5.75 Å². The first-order valence-electron chi connectivity index (χ1n) is 9.91. The molecule has 0 bridgehead atoms. The van der Waals surface area contributed by atoms with Crippen molar-refractivity contribution >= 4 is 0 Å². The van der Waals surface area contributed by atoms with Gasteiger partial charge >= 0.3 is 0 Å². The molecule has 1 aliphatic heterocycles. The largest absolute Gasteiger partial charge is 0.497 e. The molecular weight excluding hydrogens is 367 g/mol. The fourth-order valence-electron chi connectivity index (χ4n) is 3.89. The second-order valence-corrected chi connectivity index (χ2v) is 7.80. The third-order valence-electron chi connectivity index (χ3n) is 5.60. The van der Waals surface area contributed by atoms with Gasteiger partial charge < -0.3 is 9.64 Å². The Hall–Kier alpha value is -2.70. The van der Waals surface area contributed by atoms with E-state index in [0.29, 0.717) is 6.04 Å². The van der Waals surface area contributed by atoms with E-state index in [1.807, 2.05) is 35.0 Å². The van der Waals surface area contributed by atoms with Gasteiger partial charge in [-0.05, 0) is 56.9 Å². The molecule has 0 saturated carbocycles. The number of hydrogen-bond acceptors (Lipinski definition) is 4. The molecule has 1 aromatic heterocycles. The summed E-state index contributed by atoms with van der Waals surface area (Å²) in [5.74, 6) is 0.555. The Kier molecular flexibility index (Phi) is 5.65. The van der Waals surface area contributed by atoms with Crippen molar-refractivity contribution in [2.45, 2.75) is 19.0 Å². The minimum atomic E-state index is -0.249. The normalized spacial score (nSPS) is 17.2. The molecule has 4 rings (SSSR count). The highest BCUT2D eigenvalue weighted by Gasteiger charge is 2.25. The number of rotatable bonds is 6. The van der Waals surface area contributed by atoms with Gasteiger partial charge in [0.15, 0.2) is 0 Å². The molecule has 3 aromatic rings. The molecule has 0 amide bonds. The fourth-order valence-corrected chi connectivity index (χ4v) is 3.89. The van der Waals surface area contributed by atoms with Crippen molar-refractivity contribution in [3.05, 3.63) is 66.1 Å². The maximum atomic E-state index is 13.9. The van der Waals surface area contributed by atoms with Gasteiger partial charge in [-0.15, -0.1) is 0 Å². The molecule has 1 atom stereocenters. The van der Waals surface area contributed by atoms with Gasteiger partial charge in [0.25, 0.3) is 0 Å². The number of ether oxygens (including phenoxy) is 1. The molecular formula is C23H27FN4O. The lowest BCUT2D eigenvalue weighted by molar-refractivity contribution is 0.265. The van der Waals surface area contributed by atoms with Gasteiger partial charge in [0.2, 0.25) is 0 Å². The van der Waals surface area contributed by atoms with Crippen LogP contribution in [0.4, 0.5) is 4.39 Å². The third-order valence-corrected chi connectivity index (χ3v) is 5.60. The number of halogens is 1. The highest BCUT2D eigenvalue weighted by Crippen LogP contribution is 2.27. The number of likely N-dealkylation sites (tertiary alicyclic amines) is 1. The molecule has 5 nitrogen and oxygen atoms in total. The van der Waals surface area contributed by atoms with Crippen LogP contribution in [0.15, 0.2) is 54.7 Å². The summed E-state index contributed by atoms with van der Waals surface area (Å²) in [6.45, 7) is 2.88. The van der Waals surface area contributed by atoms with E-state index in [2.05, 4.69) is 30.1 Å². The Morgan fingerprint density at radius 2 is 1.97 bits per heavy atom. The van der Waals surface area contributed by atoms with E-state index in [0.717, 1.165) is 54.3 Å². The molecule has 29 heavy (non-hydrogen) atoms. The van der Waals surface area contributed by atoms with Gasteiger partial charge in [0.05, 0.1) is 18.5 Å². The lowest BCUT2D eigenvalue weighted by Gasteiger charge is -2.20. The number of methoxy groups -OCH3 is 1. The Balaban J connectivity index is 1.67. The fraction of sp³-hybridized carbons (Fsp3) is 0.348. The van der Waals surface area contributed by atoms with Gasteiger partial charge in [0, 0.05) is 43.0 Å². The van der Waals surface area contributed by atoms with E-state index in [-0.39, 0.29) is 5.82 Å². The molecule has 0 unspecified atom stereocenters. The Labute approximate surface area is 171 Å². The van der Waals surface area contributed by atoms with Crippen molar-refractivity contribution in [1.29, 1.82) is 0 Å². The zero-order valence-corrected chi connectivity index (χ0v) is 17.2. The summed E-state index contributed by atoms with van der Waals surface area (Å²) in [6.07, 6.45) is 3.22. The predicted octanol–water partition coefficient (Wildman–Crippen LogP) is 3.82. The van der Waals surface area contributed by atoms with Gasteiger partial charge in [0.1, 0.15) is 11.6 Å². The van der Waals surface area contributed by atoms with Crippen molar-refractivity contribution in [2.24, 2.45) is 0 Å². The molecule has 1 fully saturated rings. The van der Waals surface area contributed by atoms with Crippen LogP contribution in [0.25, 0.3) is 16.9 Å². The van der Waals surface area contributed by atoms with Crippen molar-refractivity contribution in [1.82, 2.24) is 19.6 Å². The van der Waals surface area contributed by atoms with E-state index in [1.165, 1.54) is 6.07 Å². The third kappa shape index (κ3) is 4.33. The highest BCUT2D eigenvalue weighted by atomic mass is 19.1. The van der Waals surface area contributed by atoms with Crippen LogP contribution in [0.3, 0.4) is 0 Å². The molecule has 0 radical (unpaired) electrons. The number of hydrogen-bond donors (Lipinski definition) is 0. The van der Waals surface area contributed by atoms with Crippen molar-refractivity contribution in [2.75, 3.05) is 34.3 Å². The standard InChI is InChI=1S/C23H27FN4O/c1-26(2)21-11-12-27(16-21)14-18-15-28(20-7-9-22(29-3)10-8-20)25-23(18)17-5-4-6-19(24)13-17/h4-10,13,15,21H,11-12,14,16H2,1-3H3/t21-/m0/s1. The number of aromatic nitrogens is 2. The van der Waals surface area contributed by atoms with Crippen LogP contribution in [0.1, 0.15) is 12.0 Å². The lowest BCUT2D eigenvalue weighted by Crippen LogP contribution is -2.31. The van der Waals surface area contributed by atoms with Crippen LogP contribution in [-0.2, 0) is 6.54 Å². The first kappa shape index (κ1) is 19.6. The van der Waals surface area contributed by atoms with E-state index in [1.54, 1.807) is 19.2 Å². The Bertz CT molecular complexity index is 967. The van der Waals surface area contributed by atoms with Gasteiger partial charge in [-0.2, -0.15) is 5.10 Å². The minimum Gasteiger partial charge on any atom is -0.497 e. The molecule has 2 aromatic carbocycles. The molecule has 0 spiro atoms. The van der Waals surface area contributed by atoms with E-state index >= 15 is 0 Å². The number of likely N-dealkylation sites (N-methyl/N-ethyl adjacent to an activating group) is 1. The molecule has 1 aliphatic rings. The van der Waals surface area contributed by atoms with E-state index in [4.69, 9.17) is 9.84 Å². The molecule has 0 aliphatic carbocycles. The van der Waals surface area contributed by atoms with Crippen LogP contribution < -0.4 is 4.74 Å². The zero-order valence-electron chi connectivity index (χ0n) is 17.2. The SMILES string of the molecule is COc1ccc(-n2cc(CN3CC[C@H](N(C)C)C3)c(-c3cccc(F)c3)n2)cc1. The zero-order chi connectivity index (χ0) is 20.4. The van der Waals surface area contributed by atoms with Crippen molar-refractivity contribution in [3.63, 3.8) is 0 Å². The smallest absolute Gasteiger partial charge is 0.123 e. The van der Waals surface area contributed by atoms with E-state index in [9.17, 15) is 4.39 Å². The molecule has 152 valence electrons. The van der Waals surface area contributed by atoms with Gasteiger partial charge in [-0.3, -0.25) is 4.90 Å². The van der Waals surface area contributed by atoms with Crippen molar-refractivity contribution < 1.29 is 9.13 Å². The van der Waals surface area contributed by atoms with Gasteiger partial charge in [-0.1, -0.05) is 12.1 Å². The quantitative estimate of drug-likeness (QED) is 0.636. The van der Waals surface area contributed by atoms with Crippen molar-refractivity contribution in [3.8, 4) is 22.7 Å². The minimum absolute atomic E-state index is 0.249. The van der Waals surface area contributed by atoms with Crippen LogP contribution in [0.2, 0.25) is 0 Å².